The summed E-state index contributed by atoms with van der Waals surface area (Å²) in [7, 11) is 3.37. The monoisotopic (exact) mass is 553 g/mol. The Morgan fingerprint density at radius 3 is 2.32 bits per heavy atom. The highest BCUT2D eigenvalue weighted by Crippen LogP contribution is 2.43. The normalized spacial score (nSPS) is 11.8. The van der Waals surface area contributed by atoms with Crippen molar-refractivity contribution in [3.8, 4) is 28.3 Å². The van der Waals surface area contributed by atoms with Gasteiger partial charge < -0.3 is 18.5 Å². The Balaban J connectivity index is 1.39. The third-order valence-electron chi connectivity index (χ3n) is 8.03. The summed E-state index contributed by atoms with van der Waals surface area (Å²) < 4.78 is 19.7. The zero-order valence-electron chi connectivity index (χ0n) is 22.4. The van der Waals surface area contributed by atoms with Crippen molar-refractivity contribution >= 4 is 66.1 Å². The summed E-state index contributed by atoms with van der Waals surface area (Å²) in [6.07, 6.45) is 0. The Hall–Kier alpha value is -4.93. The lowest BCUT2D eigenvalue weighted by Crippen LogP contribution is -1.95. The van der Waals surface area contributed by atoms with Crippen LogP contribution in [0.2, 0.25) is 5.02 Å². The molecular weight excluding hydrogens is 530 g/mol. The van der Waals surface area contributed by atoms with Crippen molar-refractivity contribution in [2.24, 2.45) is 0 Å². The van der Waals surface area contributed by atoms with Crippen LogP contribution >= 0.6 is 11.6 Å². The van der Waals surface area contributed by atoms with E-state index in [2.05, 4.69) is 83.4 Å². The zero-order valence-corrected chi connectivity index (χ0v) is 23.2. The number of halogens is 1. The number of hydrogen-bond donors (Lipinski definition) is 0. The highest BCUT2D eigenvalue weighted by molar-refractivity contribution is 6.37. The average molecular weight is 554 g/mol. The van der Waals surface area contributed by atoms with E-state index in [0.29, 0.717) is 5.02 Å². The molecule has 0 aliphatic carbocycles. The molecule has 0 fully saturated rings. The molecule has 2 heterocycles. The van der Waals surface area contributed by atoms with Crippen molar-refractivity contribution in [3.63, 3.8) is 0 Å². The van der Waals surface area contributed by atoms with Gasteiger partial charge in [-0.2, -0.15) is 0 Å². The Bertz CT molecular complexity index is 2300. The first-order valence-electron chi connectivity index (χ1n) is 13.4. The molecule has 8 aromatic rings. The highest BCUT2D eigenvalue weighted by Gasteiger charge is 2.20. The quantitative estimate of drug-likeness (QED) is 0.217. The number of furan rings is 1. The van der Waals surface area contributed by atoms with Gasteiger partial charge in [-0.25, -0.2) is 0 Å². The number of aromatic nitrogens is 1. The number of fused-ring (bicyclic) bond motifs is 7. The zero-order chi connectivity index (χ0) is 27.7. The number of benzene rings is 6. The van der Waals surface area contributed by atoms with Crippen molar-refractivity contribution in [1.29, 1.82) is 0 Å². The number of nitrogens with zero attached hydrogens (tertiary/aromatic N) is 1. The summed E-state index contributed by atoms with van der Waals surface area (Å²) >= 11 is 6.93. The molecule has 2 aromatic heterocycles. The molecule has 0 saturated heterocycles. The van der Waals surface area contributed by atoms with Crippen molar-refractivity contribution < 1.29 is 13.9 Å². The number of hydrogen-bond acceptors (Lipinski definition) is 3. The molecule has 0 aliphatic heterocycles. The summed E-state index contributed by atoms with van der Waals surface area (Å²) in [4.78, 5) is 0. The second kappa shape index (κ2) is 9.05. The number of methoxy groups -OCH3 is 2. The van der Waals surface area contributed by atoms with Crippen molar-refractivity contribution in [3.05, 3.63) is 114 Å². The van der Waals surface area contributed by atoms with Crippen LogP contribution in [0.4, 0.5) is 0 Å². The van der Waals surface area contributed by atoms with E-state index < -0.39 is 0 Å². The minimum absolute atomic E-state index is 0.667. The van der Waals surface area contributed by atoms with Crippen LogP contribution in [0.25, 0.3) is 71.3 Å². The second-order valence-electron chi connectivity index (χ2n) is 10.3. The van der Waals surface area contributed by atoms with Crippen LogP contribution in [0.3, 0.4) is 0 Å². The molecule has 4 nitrogen and oxygen atoms in total. The smallest absolute Gasteiger partial charge is 0.139 e. The standard InChI is InChI=1S/C36H24ClNO3/c1-39-26-11-12-27-28-17-23-8-10-25(16-24(23)19-33(28)41-34(27)20-26)38-31-14-9-22(21-6-4-3-5-7-21)18-29(31)35-32(40-2)15-13-30(37)36(35)38/h3-20H,1-2H3. The van der Waals surface area contributed by atoms with Gasteiger partial charge in [0.05, 0.1) is 35.7 Å². The van der Waals surface area contributed by atoms with Gasteiger partial charge in [-0.1, -0.05) is 54.1 Å². The van der Waals surface area contributed by atoms with E-state index in [1.54, 1.807) is 14.2 Å². The minimum Gasteiger partial charge on any atom is -0.497 e. The fourth-order valence-corrected chi connectivity index (χ4v) is 6.32. The van der Waals surface area contributed by atoms with Crippen LogP contribution in [-0.4, -0.2) is 18.8 Å². The molecule has 0 aliphatic rings. The molecule has 198 valence electrons. The van der Waals surface area contributed by atoms with Crippen molar-refractivity contribution in [2.75, 3.05) is 14.2 Å². The molecule has 41 heavy (non-hydrogen) atoms. The van der Waals surface area contributed by atoms with Crippen LogP contribution < -0.4 is 9.47 Å². The lowest BCUT2D eigenvalue weighted by molar-refractivity contribution is 0.414. The first-order chi connectivity index (χ1) is 20.1. The fraction of sp³-hybridized carbons (Fsp3) is 0.0556. The summed E-state index contributed by atoms with van der Waals surface area (Å²) in [5.41, 5.74) is 6.94. The van der Waals surface area contributed by atoms with Gasteiger partial charge in [0.1, 0.15) is 22.7 Å². The van der Waals surface area contributed by atoms with Crippen molar-refractivity contribution in [1.82, 2.24) is 4.57 Å². The summed E-state index contributed by atoms with van der Waals surface area (Å²) in [6, 6.07) is 37.6. The van der Waals surface area contributed by atoms with Gasteiger partial charge in [0.25, 0.3) is 0 Å². The molecule has 0 bridgehead atoms. The largest absolute Gasteiger partial charge is 0.497 e. The van der Waals surface area contributed by atoms with E-state index in [-0.39, 0.29) is 0 Å². The Labute approximate surface area is 240 Å². The second-order valence-corrected chi connectivity index (χ2v) is 10.7. The Morgan fingerprint density at radius 1 is 0.634 bits per heavy atom. The van der Waals surface area contributed by atoms with E-state index in [9.17, 15) is 0 Å². The molecule has 0 N–H and O–H groups in total. The molecule has 6 aromatic carbocycles. The highest BCUT2D eigenvalue weighted by atomic mass is 35.5. The van der Waals surface area contributed by atoms with E-state index in [0.717, 1.165) is 82.8 Å². The van der Waals surface area contributed by atoms with Gasteiger partial charge in [-0.15, -0.1) is 0 Å². The predicted octanol–water partition coefficient (Wildman–Crippen LogP) is 10.2. The van der Waals surface area contributed by atoms with E-state index >= 15 is 0 Å². The fourth-order valence-electron chi connectivity index (χ4n) is 6.08. The maximum absolute atomic E-state index is 6.93. The molecule has 5 heteroatoms. The van der Waals surface area contributed by atoms with Gasteiger partial charge >= 0.3 is 0 Å². The SMILES string of the molecule is COc1ccc2c(c1)oc1cc3cc(-n4c5ccc(-c6ccccc6)cc5c5c(OC)ccc(Cl)c54)ccc3cc12. The molecule has 0 atom stereocenters. The topological polar surface area (TPSA) is 36.5 Å². The first kappa shape index (κ1) is 23.9. The molecule has 0 spiro atoms. The predicted molar refractivity (Wildman–Crippen MR) is 169 cm³/mol. The lowest BCUT2D eigenvalue weighted by atomic mass is 10.0. The molecule has 0 radical (unpaired) electrons. The Morgan fingerprint density at radius 2 is 1.49 bits per heavy atom. The van der Waals surface area contributed by atoms with Crippen LogP contribution in [0.5, 0.6) is 11.5 Å². The average Bonchev–Trinajstić information content (AvgIpc) is 3.55. The van der Waals surface area contributed by atoms with Gasteiger partial charge in [0.15, 0.2) is 0 Å². The lowest BCUT2D eigenvalue weighted by Gasteiger charge is -2.11. The van der Waals surface area contributed by atoms with Gasteiger partial charge in [0, 0.05) is 27.9 Å². The van der Waals surface area contributed by atoms with Gasteiger partial charge in [-0.3, -0.25) is 0 Å². The van der Waals surface area contributed by atoms with E-state index in [1.807, 2.05) is 30.3 Å². The summed E-state index contributed by atoms with van der Waals surface area (Å²) in [5, 5.41) is 7.12. The summed E-state index contributed by atoms with van der Waals surface area (Å²) in [6.45, 7) is 0. The maximum atomic E-state index is 6.93. The molecule has 0 unspecified atom stereocenters. The Kier molecular flexibility index (Phi) is 5.28. The van der Waals surface area contributed by atoms with E-state index in [1.165, 1.54) is 0 Å². The van der Waals surface area contributed by atoms with Crippen molar-refractivity contribution in [2.45, 2.75) is 0 Å². The van der Waals surface area contributed by atoms with Crippen LogP contribution in [0.15, 0.2) is 114 Å². The summed E-state index contributed by atoms with van der Waals surface area (Å²) in [5.74, 6) is 1.57. The molecule has 0 amide bonds. The van der Waals surface area contributed by atoms with Gasteiger partial charge in [-0.05, 0) is 82.6 Å². The van der Waals surface area contributed by atoms with E-state index in [4.69, 9.17) is 25.5 Å². The van der Waals surface area contributed by atoms with Crippen LogP contribution in [0, 0.1) is 0 Å². The van der Waals surface area contributed by atoms with Crippen LogP contribution in [0.1, 0.15) is 0 Å². The number of ether oxygens (including phenoxy) is 2. The first-order valence-corrected chi connectivity index (χ1v) is 13.8. The number of rotatable bonds is 4. The molecule has 8 rings (SSSR count). The minimum atomic E-state index is 0.667. The van der Waals surface area contributed by atoms with Gasteiger partial charge in [0.2, 0.25) is 0 Å². The molecular formula is C36H24ClNO3. The third kappa shape index (κ3) is 3.61. The molecule has 0 saturated carbocycles. The maximum Gasteiger partial charge on any atom is 0.139 e. The van der Waals surface area contributed by atoms with Crippen LogP contribution in [-0.2, 0) is 0 Å². The third-order valence-corrected chi connectivity index (χ3v) is 8.33.